The SMILES string of the molecule is CCCC(C)COC(=O)C1=CCC(c2ccc(-c3ccc(C4CCC(CCC)CC4)cc3)cc2)CC1. The van der Waals surface area contributed by atoms with Crippen LogP contribution in [0, 0.1) is 11.8 Å². The number of carbonyl (C=O) groups excluding carboxylic acids is 1. The molecule has 0 heterocycles. The number of esters is 1. The number of hydrogen-bond acceptors (Lipinski definition) is 2. The number of ether oxygens (including phenoxy) is 1. The van der Waals surface area contributed by atoms with Crippen LogP contribution in [-0.4, -0.2) is 12.6 Å². The van der Waals surface area contributed by atoms with Gasteiger partial charge in [-0.05, 0) is 97.3 Å². The van der Waals surface area contributed by atoms with E-state index in [-0.39, 0.29) is 5.97 Å². The average molecular weight is 487 g/mol. The number of hydrogen-bond donors (Lipinski definition) is 0. The van der Waals surface area contributed by atoms with Crippen LogP contribution in [0.25, 0.3) is 11.1 Å². The van der Waals surface area contributed by atoms with Crippen molar-refractivity contribution < 1.29 is 9.53 Å². The maximum Gasteiger partial charge on any atom is 0.333 e. The van der Waals surface area contributed by atoms with Crippen LogP contribution in [0.3, 0.4) is 0 Å². The minimum Gasteiger partial charge on any atom is -0.462 e. The summed E-state index contributed by atoms with van der Waals surface area (Å²) >= 11 is 0. The van der Waals surface area contributed by atoms with Crippen molar-refractivity contribution in [2.45, 2.75) is 103 Å². The Bertz CT molecular complexity index is 977. The fraction of sp³-hybridized carbons (Fsp3) is 0.559. The molecule has 0 saturated heterocycles. The van der Waals surface area contributed by atoms with E-state index in [2.05, 4.69) is 75.4 Å². The zero-order valence-corrected chi connectivity index (χ0v) is 22.8. The maximum atomic E-state index is 12.4. The first-order valence-electron chi connectivity index (χ1n) is 14.6. The second-order valence-electron chi connectivity index (χ2n) is 11.4. The molecule has 2 heteroatoms. The first kappa shape index (κ1) is 26.7. The first-order valence-corrected chi connectivity index (χ1v) is 14.6. The van der Waals surface area contributed by atoms with Gasteiger partial charge < -0.3 is 4.74 Å². The van der Waals surface area contributed by atoms with Crippen molar-refractivity contribution in [2.75, 3.05) is 6.61 Å². The second kappa shape index (κ2) is 13.3. The maximum absolute atomic E-state index is 12.4. The molecule has 1 fully saturated rings. The standard InChI is InChI=1S/C34H46O2/c1-4-6-25(3)24-36-34(35)33-22-20-32(21-23-33)31-18-16-30(17-19-31)29-14-12-28(13-15-29)27-10-8-26(7-5-2)9-11-27/h12-19,22,25-27,32H,4-11,20-21,23-24H2,1-3H3. The van der Waals surface area contributed by atoms with Gasteiger partial charge in [0.25, 0.3) is 0 Å². The van der Waals surface area contributed by atoms with Crippen molar-refractivity contribution in [3.63, 3.8) is 0 Å². The average Bonchev–Trinajstić information content (AvgIpc) is 2.93. The lowest BCUT2D eigenvalue weighted by Gasteiger charge is -2.28. The Balaban J connectivity index is 1.29. The molecule has 36 heavy (non-hydrogen) atoms. The third-order valence-corrected chi connectivity index (χ3v) is 8.59. The zero-order valence-electron chi connectivity index (χ0n) is 22.8. The lowest BCUT2D eigenvalue weighted by molar-refractivity contribution is -0.140. The summed E-state index contributed by atoms with van der Waals surface area (Å²) in [6.07, 6.45) is 15.3. The summed E-state index contributed by atoms with van der Waals surface area (Å²) in [6.45, 7) is 7.17. The lowest BCUT2D eigenvalue weighted by Crippen LogP contribution is -2.16. The fourth-order valence-corrected chi connectivity index (χ4v) is 6.30. The van der Waals surface area contributed by atoms with E-state index in [0.717, 1.165) is 49.5 Å². The molecule has 0 radical (unpaired) electrons. The molecule has 0 spiro atoms. The molecule has 2 unspecified atom stereocenters. The first-order chi connectivity index (χ1) is 17.6. The highest BCUT2D eigenvalue weighted by atomic mass is 16.5. The van der Waals surface area contributed by atoms with Gasteiger partial charge in [0, 0.05) is 5.57 Å². The Morgan fingerprint density at radius 3 is 1.97 bits per heavy atom. The van der Waals surface area contributed by atoms with Crippen LogP contribution >= 0.6 is 0 Å². The van der Waals surface area contributed by atoms with Crippen molar-refractivity contribution in [1.29, 1.82) is 0 Å². The summed E-state index contributed by atoms with van der Waals surface area (Å²) in [6, 6.07) is 18.5. The summed E-state index contributed by atoms with van der Waals surface area (Å²) in [5, 5.41) is 0. The van der Waals surface area contributed by atoms with Crippen LogP contribution < -0.4 is 0 Å². The number of benzene rings is 2. The van der Waals surface area contributed by atoms with E-state index in [1.807, 2.05) is 0 Å². The third kappa shape index (κ3) is 7.11. The highest BCUT2D eigenvalue weighted by Crippen LogP contribution is 2.38. The molecule has 4 rings (SSSR count). The molecule has 2 aromatic carbocycles. The molecule has 2 atom stereocenters. The molecule has 2 aromatic rings. The second-order valence-corrected chi connectivity index (χ2v) is 11.4. The Morgan fingerprint density at radius 2 is 1.44 bits per heavy atom. The van der Waals surface area contributed by atoms with Crippen molar-refractivity contribution in [1.82, 2.24) is 0 Å². The van der Waals surface area contributed by atoms with Crippen molar-refractivity contribution >= 4 is 5.97 Å². The lowest BCUT2D eigenvalue weighted by atomic mass is 9.77. The Kier molecular flexibility index (Phi) is 9.84. The fourth-order valence-electron chi connectivity index (χ4n) is 6.30. The van der Waals surface area contributed by atoms with Gasteiger partial charge in [-0.15, -0.1) is 0 Å². The van der Waals surface area contributed by atoms with Gasteiger partial charge in [0.2, 0.25) is 0 Å². The van der Waals surface area contributed by atoms with E-state index < -0.39 is 0 Å². The molecular weight excluding hydrogens is 440 g/mol. The quantitative estimate of drug-likeness (QED) is 0.312. The van der Waals surface area contributed by atoms with E-state index in [1.54, 1.807) is 0 Å². The Labute approximate surface area is 219 Å². The van der Waals surface area contributed by atoms with Gasteiger partial charge in [-0.2, -0.15) is 0 Å². The summed E-state index contributed by atoms with van der Waals surface area (Å²) in [5.74, 6) is 2.53. The molecule has 1 saturated carbocycles. The highest BCUT2D eigenvalue weighted by Gasteiger charge is 2.23. The van der Waals surface area contributed by atoms with Crippen LogP contribution in [-0.2, 0) is 9.53 Å². The van der Waals surface area contributed by atoms with Crippen LogP contribution in [0.5, 0.6) is 0 Å². The van der Waals surface area contributed by atoms with Crippen LogP contribution in [0.15, 0.2) is 60.2 Å². The molecule has 0 bridgehead atoms. The van der Waals surface area contributed by atoms with E-state index in [4.69, 9.17) is 4.74 Å². The predicted molar refractivity (Wildman–Crippen MR) is 151 cm³/mol. The highest BCUT2D eigenvalue weighted by molar-refractivity contribution is 5.88. The molecule has 0 N–H and O–H groups in total. The molecule has 0 amide bonds. The normalized spacial score (nSPS) is 23.1. The van der Waals surface area contributed by atoms with Gasteiger partial charge in [0.05, 0.1) is 6.61 Å². The summed E-state index contributed by atoms with van der Waals surface area (Å²) < 4.78 is 5.56. The van der Waals surface area contributed by atoms with Gasteiger partial charge in [-0.25, -0.2) is 4.79 Å². The van der Waals surface area contributed by atoms with Gasteiger partial charge in [-0.1, -0.05) is 94.6 Å². The largest absolute Gasteiger partial charge is 0.462 e. The van der Waals surface area contributed by atoms with Crippen LogP contribution in [0.2, 0.25) is 0 Å². The van der Waals surface area contributed by atoms with E-state index in [9.17, 15) is 4.79 Å². The molecule has 2 aliphatic carbocycles. The predicted octanol–water partition coefficient (Wildman–Crippen LogP) is 9.60. The number of allylic oxidation sites excluding steroid dienone is 1. The Hall–Kier alpha value is -2.35. The molecule has 0 aliphatic heterocycles. The van der Waals surface area contributed by atoms with Gasteiger partial charge in [-0.3, -0.25) is 0 Å². The van der Waals surface area contributed by atoms with Gasteiger partial charge >= 0.3 is 5.97 Å². The summed E-state index contributed by atoms with van der Waals surface area (Å²) in [4.78, 5) is 12.4. The summed E-state index contributed by atoms with van der Waals surface area (Å²) in [5.41, 5.74) is 6.35. The topological polar surface area (TPSA) is 26.3 Å². The molecule has 2 aliphatic rings. The Morgan fingerprint density at radius 1 is 0.833 bits per heavy atom. The van der Waals surface area contributed by atoms with Gasteiger partial charge in [0.1, 0.15) is 0 Å². The van der Waals surface area contributed by atoms with Crippen LogP contribution in [0.1, 0.15) is 114 Å². The van der Waals surface area contributed by atoms with Crippen molar-refractivity contribution in [2.24, 2.45) is 11.8 Å². The van der Waals surface area contributed by atoms with Crippen molar-refractivity contribution in [3.8, 4) is 11.1 Å². The third-order valence-electron chi connectivity index (χ3n) is 8.59. The zero-order chi connectivity index (χ0) is 25.3. The van der Waals surface area contributed by atoms with Crippen LogP contribution in [0.4, 0.5) is 0 Å². The smallest absolute Gasteiger partial charge is 0.333 e. The number of carbonyl (C=O) groups is 1. The molecular formula is C34H46O2. The minimum absolute atomic E-state index is 0.107. The number of rotatable bonds is 10. The van der Waals surface area contributed by atoms with E-state index >= 15 is 0 Å². The molecule has 2 nitrogen and oxygen atoms in total. The van der Waals surface area contributed by atoms with E-state index in [0.29, 0.717) is 18.4 Å². The van der Waals surface area contributed by atoms with Crippen molar-refractivity contribution in [3.05, 3.63) is 71.3 Å². The van der Waals surface area contributed by atoms with Gasteiger partial charge in [0.15, 0.2) is 0 Å². The monoisotopic (exact) mass is 486 g/mol. The van der Waals surface area contributed by atoms with E-state index in [1.165, 1.54) is 60.8 Å². The summed E-state index contributed by atoms with van der Waals surface area (Å²) in [7, 11) is 0. The molecule has 0 aromatic heterocycles. The molecule has 194 valence electrons. The minimum atomic E-state index is -0.107.